The Labute approximate surface area is 89.8 Å². The minimum atomic E-state index is 0.233. The van der Waals surface area contributed by atoms with E-state index in [4.69, 9.17) is 10.5 Å². The first-order valence-electron chi connectivity index (χ1n) is 5.32. The Balaban J connectivity index is 1.83. The average Bonchev–Trinajstić information content (AvgIpc) is 2.75. The van der Waals surface area contributed by atoms with Gasteiger partial charge >= 0.3 is 0 Å². The van der Waals surface area contributed by atoms with E-state index in [9.17, 15) is 0 Å². The number of aromatic nitrogens is 1. The van der Waals surface area contributed by atoms with E-state index >= 15 is 0 Å². The van der Waals surface area contributed by atoms with Gasteiger partial charge in [-0.05, 0) is 18.7 Å². The summed E-state index contributed by atoms with van der Waals surface area (Å²) in [6.45, 7) is 3.11. The number of rotatable bonds is 4. The number of hydrogen-bond acceptors (Lipinski definition) is 4. The number of nitrogens with one attached hydrogen (secondary N) is 1. The zero-order chi connectivity index (χ0) is 10.5. The molecule has 0 bridgehead atoms. The summed E-state index contributed by atoms with van der Waals surface area (Å²) < 4.78 is 5.79. The second kappa shape index (κ2) is 5.21. The molecule has 2 atom stereocenters. The van der Waals surface area contributed by atoms with Crippen molar-refractivity contribution in [3.63, 3.8) is 0 Å². The zero-order valence-electron chi connectivity index (χ0n) is 8.73. The average molecular weight is 207 g/mol. The van der Waals surface area contributed by atoms with Gasteiger partial charge < -0.3 is 15.8 Å². The van der Waals surface area contributed by atoms with Crippen LogP contribution in [0, 0.1) is 5.92 Å². The number of ether oxygens (including phenoxy) is 1. The van der Waals surface area contributed by atoms with E-state index in [1.807, 2.05) is 18.2 Å². The summed E-state index contributed by atoms with van der Waals surface area (Å²) >= 11 is 0. The first kappa shape index (κ1) is 10.5. The minimum absolute atomic E-state index is 0.233. The largest absolute Gasteiger partial charge is 0.370 e. The lowest BCUT2D eigenvalue weighted by Gasteiger charge is -2.17. The van der Waals surface area contributed by atoms with Gasteiger partial charge in [-0.2, -0.15) is 0 Å². The molecule has 82 valence electrons. The third kappa shape index (κ3) is 2.75. The van der Waals surface area contributed by atoms with Crippen molar-refractivity contribution >= 4 is 0 Å². The fourth-order valence-electron chi connectivity index (χ4n) is 1.82. The molecule has 0 aromatic carbocycles. The fraction of sp³-hybridized carbons (Fsp3) is 0.545. The first-order valence-corrected chi connectivity index (χ1v) is 5.32. The zero-order valence-corrected chi connectivity index (χ0v) is 8.73. The molecule has 2 unspecified atom stereocenters. The van der Waals surface area contributed by atoms with E-state index in [2.05, 4.69) is 10.3 Å². The molecule has 0 spiro atoms. The summed E-state index contributed by atoms with van der Waals surface area (Å²) in [6.07, 6.45) is 2.02. The molecule has 1 aromatic heterocycles. The predicted octanol–water partition coefficient (Wildman–Crippen LogP) is 0.145. The standard InChI is InChI=1S/C11H17N3O/c12-5-9-6-13-7-11(9)15-8-10-3-1-2-4-14-10/h1-4,9,11,13H,5-8,12H2. The quantitative estimate of drug-likeness (QED) is 0.737. The van der Waals surface area contributed by atoms with Gasteiger partial charge in [-0.25, -0.2) is 0 Å². The van der Waals surface area contributed by atoms with E-state index in [-0.39, 0.29) is 6.10 Å². The van der Waals surface area contributed by atoms with Crippen LogP contribution < -0.4 is 11.1 Å². The Kier molecular flexibility index (Phi) is 3.66. The molecule has 4 nitrogen and oxygen atoms in total. The highest BCUT2D eigenvalue weighted by Gasteiger charge is 2.26. The molecule has 2 rings (SSSR count). The van der Waals surface area contributed by atoms with Crippen LogP contribution in [-0.2, 0) is 11.3 Å². The van der Waals surface area contributed by atoms with Crippen molar-refractivity contribution < 1.29 is 4.74 Å². The van der Waals surface area contributed by atoms with E-state index in [0.29, 0.717) is 19.1 Å². The molecule has 0 aliphatic carbocycles. The van der Waals surface area contributed by atoms with Crippen molar-refractivity contribution in [2.75, 3.05) is 19.6 Å². The molecule has 3 N–H and O–H groups in total. The van der Waals surface area contributed by atoms with Crippen molar-refractivity contribution in [2.45, 2.75) is 12.7 Å². The summed E-state index contributed by atoms with van der Waals surface area (Å²) in [4.78, 5) is 4.21. The van der Waals surface area contributed by atoms with Crippen LogP contribution in [0.15, 0.2) is 24.4 Å². The Hall–Kier alpha value is -0.970. The Morgan fingerprint density at radius 1 is 1.47 bits per heavy atom. The summed E-state index contributed by atoms with van der Waals surface area (Å²) in [5, 5.41) is 3.28. The van der Waals surface area contributed by atoms with E-state index in [0.717, 1.165) is 18.8 Å². The second-order valence-corrected chi connectivity index (χ2v) is 3.82. The van der Waals surface area contributed by atoms with Gasteiger partial charge in [-0.3, -0.25) is 4.98 Å². The van der Waals surface area contributed by atoms with Gasteiger partial charge in [0.05, 0.1) is 18.4 Å². The molecule has 1 aromatic rings. The summed E-state index contributed by atoms with van der Waals surface area (Å²) in [7, 11) is 0. The van der Waals surface area contributed by atoms with Crippen LogP contribution in [0.5, 0.6) is 0 Å². The molecule has 4 heteroatoms. The van der Waals surface area contributed by atoms with Gasteiger partial charge in [0.1, 0.15) is 0 Å². The van der Waals surface area contributed by atoms with Gasteiger partial charge in [0.15, 0.2) is 0 Å². The monoisotopic (exact) mass is 207 g/mol. The highest BCUT2D eigenvalue weighted by Crippen LogP contribution is 2.13. The highest BCUT2D eigenvalue weighted by molar-refractivity contribution is 5.02. The van der Waals surface area contributed by atoms with Gasteiger partial charge in [-0.1, -0.05) is 6.07 Å². The molecule has 0 radical (unpaired) electrons. The van der Waals surface area contributed by atoms with Crippen LogP contribution in [0.4, 0.5) is 0 Å². The van der Waals surface area contributed by atoms with Gasteiger partial charge in [-0.15, -0.1) is 0 Å². The molecular weight excluding hydrogens is 190 g/mol. The van der Waals surface area contributed by atoms with Gasteiger partial charge in [0.2, 0.25) is 0 Å². The van der Waals surface area contributed by atoms with Crippen LogP contribution in [0.3, 0.4) is 0 Å². The SMILES string of the molecule is NCC1CNCC1OCc1ccccn1. The van der Waals surface area contributed by atoms with Crippen LogP contribution in [-0.4, -0.2) is 30.7 Å². The minimum Gasteiger partial charge on any atom is -0.370 e. The fourth-order valence-corrected chi connectivity index (χ4v) is 1.82. The van der Waals surface area contributed by atoms with E-state index in [1.54, 1.807) is 6.20 Å². The molecule has 1 aliphatic heterocycles. The van der Waals surface area contributed by atoms with Crippen LogP contribution >= 0.6 is 0 Å². The molecule has 2 heterocycles. The van der Waals surface area contributed by atoms with E-state index < -0.39 is 0 Å². The maximum absolute atomic E-state index is 5.79. The third-order valence-corrected chi connectivity index (χ3v) is 2.75. The highest BCUT2D eigenvalue weighted by atomic mass is 16.5. The number of nitrogens with two attached hydrogens (primary N) is 1. The smallest absolute Gasteiger partial charge is 0.0892 e. The number of hydrogen-bond donors (Lipinski definition) is 2. The second-order valence-electron chi connectivity index (χ2n) is 3.82. The van der Waals surface area contributed by atoms with Crippen molar-refractivity contribution in [2.24, 2.45) is 11.7 Å². The lowest BCUT2D eigenvalue weighted by Crippen LogP contribution is -2.28. The Morgan fingerprint density at radius 2 is 2.40 bits per heavy atom. The third-order valence-electron chi connectivity index (χ3n) is 2.75. The molecule has 15 heavy (non-hydrogen) atoms. The lowest BCUT2D eigenvalue weighted by molar-refractivity contribution is 0.0263. The number of nitrogens with zero attached hydrogens (tertiary/aromatic N) is 1. The van der Waals surface area contributed by atoms with Crippen molar-refractivity contribution in [1.29, 1.82) is 0 Å². The Morgan fingerprint density at radius 3 is 3.13 bits per heavy atom. The number of pyridine rings is 1. The first-order chi connectivity index (χ1) is 7.40. The lowest BCUT2D eigenvalue weighted by atomic mass is 10.1. The molecule has 0 saturated carbocycles. The molecule has 1 fully saturated rings. The summed E-state index contributed by atoms with van der Waals surface area (Å²) in [5.74, 6) is 0.439. The van der Waals surface area contributed by atoms with Crippen LogP contribution in [0.1, 0.15) is 5.69 Å². The molecule has 1 saturated heterocycles. The van der Waals surface area contributed by atoms with Crippen molar-refractivity contribution in [3.8, 4) is 0 Å². The summed E-state index contributed by atoms with van der Waals surface area (Å²) in [5.41, 5.74) is 6.63. The van der Waals surface area contributed by atoms with E-state index in [1.165, 1.54) is 0 Å². The Bertz CT molecular complexity index is 291. The maximum Gasteiger partial charge on any atom is 0.0892 e. The summed E-state index contributed by atoms with van der Waals surface area (Å²) in [6, 6.07) is 5.85. The maximum atomic E-state index is 5.79. The normalized spacial score (nSPS) is 25.7. The molecular formula is C11H17N3O. The predicted molar refractivity (Wildman–Crippen MR) is 58.2 cm³/mol. The molecule has 1 aliphatic rings. The van der Waals surface area contributed by atoms with Crippen molar-refractivity contribution in [1.82, 2.24) is 10.3 Å². The topological polar surface area (TPSA) is 60.2 Å². The van der Waals surface area contributed by atoms with Gasteiger partial charge in [0.25, 0.3) is 0 Å². The van der Waals surface area contributed by atoms with Gasteiger partial charge in [0, 0.05) is 25.2 Å². The van der Waals surface area contributed by atoms with Crippen LogP contribution in [0.25, 0.3) is 0 Å². The van der Waals surface area contributed by atoms with Crippen molar-refractivity contribution in [3.05, 3.63) is 30.1 Å². The van der Waals surface area contributed by atoms with Crippen LogP contribution in [0.2, 0.25) is 0 Å². The molecule has 0 amide bonds.